The highest BCUT2D eigenvalue weighted by atomic mass is 16.5. The maximum atomic E-state index is 7.09. The number of nitrogens with zero attached hydrogens (tertiary/aromatic N) is 2. The van der Waals surface area contributed by atoms with Crippen LogP contribution in [0.2, 0.25) is 0 Å². The Morgan fingerprint density at radius 2 is 1.26 bits per heavy atom. The summed E-state index contributed by atoms with van der Waals surface area (Å²) in [7, 11) is 0. The van der Waals surface area contributed by atoms with Crippen molar-refractivity contribution in [3.05, 3.63) is 191 Å². The second-order valence-electron chi connectivity index (χ2n) is 24.5. The van der Waals surface area contributed by atoms with Gasteiger partial charge in [-0.2, -0.15) is 0 Å². The largest absolute Gasteiger partial charge is 0.456 e. The van der Waals surface area contributed by atoms with Crippen LogP contribution < -0.4 is 20.5 Å². The van der Waals surface area contributed by atoms with Gasteiger partial charge in [-0.15, -0.1) is 0 Å². The third-order valence-corrected chi connectivity index (χ3v) is 17.9. The van der Waals surface area contributed by atoms with E-state index in [0.717, 1.165) is 74.7 Å². The van der Waals surface area contributed by atoms with E-state index in [0.29, 0.717) is 0 Å². The number of furan rings is 1. The van der Waals surface area contributed by atoms with E-state index in [-0.39, 0.29) is 28.5 Å². The molecule has 5 heteroatoms. The first-order valence-electron chi connectivity index (χ1n) is 26.0. The van der Waals surface area contributed by atoms with Gasteiger partial charge in [0, 0.05) is 72.8 Å². The van der Waals surface area contributed by atoms with Crippen LogP contribution in [0.5, 0.6) is 5.75 Å². The predicted molar refractivity (Wildman–Crippen MR) is 303 cm³/mol. The van der Waals surface area contributed by atoms with Gasteiger partial charge in [0.15, 0.2) is 0 Å². The molecule has 0 N–H and O–H groups in total. The fourth-order valence-electron chi connectivity index (χ4n) is 13.8. The molecule has 0 spiro atoms. The highest BCUT2D eigenvalue weighted by Gasteiger charge is 2.46. The van der Waals surface area contributed by atoms with Crippen molar-refractivity contribution in [2.24, 2.45) is 0 Å². The Morgan fingerprint density at radius 1 is 0.569 bits per heavy atom. The van der Waals surface area contributed by atoms with Gasteiger partial charge in [0.2, 0.25) is 0 Å². The first-order valence-corrected chi connectivity index (χ1v) is 26.0. The molecule has 0 amide bonds. The van der Waals surface area contributed by atoms with E-state index < -0.39 is 0 Å². The molecule has 5 heterocycles. The monoisotopic (exact) mass is 932 g/mol. The lowest BCUT2D eigenvalue weighted by Gasteiger charge is -2.42. The van der Waals surface area contributed by atoms with Crippen molar-refractivity contribution in [3.63, 3.8) is 0 Å². The maximum Gasteiger partial charge on any atom is 0.333 e. The molecule has 0 saturated carbocycles. The molecule has 15 rings (SSSR count). The molecule has 2 aromatic heterocycles. The lowest BCUT2D eigenvalue weighted by molar-refractivity contribution is 0.332. The Kier molecular flexibility index (Phi) is 8.04. The van der Waals surface area contributed by atoms with Gasteiger partial charge in [-0.3, -0.25) is 0 Å². The smallest absolute Gasteiger partial charge is 0.333 e. The zero-order chi connectivity index (χ0) is 49.1. The molecule has 4 nitrogen and oxygen atoms in total. The molecule has 8 aromatic carbocycles. The highest BCUT2D eigenvalue weighted by Crippen LogP contribution is 2.54. The van der Waals surface area contributed by atoms with Crippen LogP contribution in [0.15, 0.2) is 157 Å². The molecule has 0 bridgehead atoms. The first kappa shape index (κ1) is 42.2. The molecule has 3 aliphatic heterocycles. The zero-order valence-corrected chi connectivity index (χ0v) is 42.8. The highest BCUT2D eigenvalue weighted by molar-refractivity contribution is 6.93. The van der Waals surface area contributed by atoms with Crippen LogP contribution in [0.4, 0.5) is 11.4 Å². The molecular weight excluding hydrogens is 876 g/mol. The van der Waals surface area contributed by atoms with E-state index in [1.807, 2.05) is 0 Å². The number of anilines is 2. The number of hydrogen-bond donors (Lipinski definition) is 0. The van der Waals surface area contributed by atoms with Crippen LogP contribution in [0, 0.1) is 0 Å². The van der Waals surface area contributed by atoms with Crippen LogP contribution in [0.1, 0.15) is 114 Å². The molecular formula is C67H57BN2O2. The minimum Gasteiger partial charge on any atom is -0.456 e. The van der Waals surface area contributed by atoms with Gasteiger partial charge in [-0.25, -0.2) is 0 Å². The van der Waals surface area contributed by atoms with Gasteiger partial charge in [0.05, 0.1) is 11.0 Å². The van der Waals surface area contributed by atoms with Crippen LogP contribution in [0.3, 0.4) is 0 Å². The third-order valence-electron chi connectivity index (χ3n) is 17.9. The van der Waals surface area contributed by atoms with E-state index in [9.17, 15) is 0 Å². The quantitative estimate of drug-likeness (QED) is 0.162. The van der Waals surface area contributed by atoms with Gasteiger partial charge < -0.3 is 18.5 Å². The van der Waals surface area contributed by atoms with Crippen molar-refractivity contribution in [2.45, 2.75) is 96.8 Å². The zero-order valence-electron chi connectivity index (χ0n) is 42.8. The number of hydrogen-bond acceptors (Lipinski definition) is 3. The summed E-state index contributed by atoms with van der Waals surface area (Å²) in [5, 5.41) is 4.88. The number of ether oxygens (including phenoxy) is 1. The molecule has 0 saturated heterocycles. The van der Waals surface area contributed by atoms with Crippen molar-refractivity contribution < 1.29 is 9.15 Å². The van der Waals surface area contributed by atoms with Crippen molar-refractivity contribution in [3.8, 4) is 33.7 Å². The molecule has 350 valence electrons. The van der Waals surface area contributed by atoms with Gasteiger partial charge in [-0.1, -0.05) is 154 Å². The fourth-order valence-corrected chi connectivity index (χ4v) is 13.8. The Hall–Kier alpha value is -7.50. The molecule has 5 aliphatic rings. The molecule has 0 atom stereocenters. The average molecular weight is 933 g/mol. The Bertz CT molecular complexity index is 4150. The van der Waals surface area contributed by atoms with E-state index in [1.165, 1.54) is 88.2 Å². The van der Waals surface area contributed by atoms with E-state index >= 15 is 0 Å². The molecule has 10 aromatic rings. The summed E-state index contributed by atoms with van der Waals surface area (Å²) in [5.41, 5.74) is 25.3. The Morgan fingerprint density at radius 3 is 2.03 bits per heavy atom. The van der Waals surface area contributed by atoms with Crippen LogP contribution in [-0.2, 0) is 21.7 Å². The number of aromatic nitrogens is 1. The number of rotatable bonds is 2. The van der Waals surface area contributed by atoms with E-state index in [4.69, 9.17) is 15.7 Å². The molecule has 0 fully saturated rings. The standard InChI is InChI=1S/C67H57BN2O2/c1-37-28-58(38-16-12-11-13-17-38)71-60-36-57-54(32-44(37)60)68-62-42(24-25-43-47-29-45-41-18-14-15-19-50(41)67(9,10)51(45)33-55(47)69(57)63(43)62)46-30-48-49-31-52-53(66(7,8)27-26-65(52,5)6)34-59(49)72-61(48)35-56(46)70(68)40-22-20-39(21-23-40)64(2,3)4/h11-25,28-36H,1,26-27H2,2-10H3. The topological polar surface area (TPSA) is 30.5 Å². The molecule has 0 radical (unpaired) electrons. The Balaban J connectivity index is 1.06. The summed E-state index contributed by atoms with van der Waals surface area (Å²) in [6.07, 6.45) is 4.42. The van der Waals surface area contributed by atoms with Gasteiger partial charge >= 0.3 is 6.85 Å². The second kappa shape index (κ2) is 13.7. The van der Waals surface area contributed by atoms with E-state index in [1.54, 1.807) is 0 Å². The average Bonchev–Trinajstić information content (AvgIpc) is 3.97. The first-order chi connectivity index (χ1) is 34.5. The van der Waals surface area contributed by atoms with Crippen molar-refractivity contribution >= 4 is 84.2 Å². The van der Waals surface area contributed by atoms with Crippen molar-refractivity contribution in [1.29, 1.82) is 0 Å². The van der Waals surface area contributed by atoms with Crippen LogP contribution in [-0.4, -0.2) is 11.4 Å². The number of benzene rings is 8. The fraction of sp³-hybridized carbons (Fsp3) is 0.224. The van der Waals surface area contributed by atoms with Crippen molar-refractivity contribution in [1.82, 2.24) is 4.57 Å². The molecule has 72 heavy (non-hydrogen) atoms. The summed E-state index contributed by atoms with van der Waals surface area (Å²) in [6, 6.07) is 53.0. The SMILES string of the molecule is C=C1C=C(c2ccccc2)Oc2cc3c(cc21)B1c2c(ccc4c5cc6c(cc5n-3c24)C(C)(C)c2ccccc2-6)-c2cc3c(cc2N1c1ccc(C(C)(C)C)cc1)oc1cc2c(cc13)C(C)(C)CCC2(C)C. The summed E-state index contributed by atoms with van der Waals surface area (Å²) in [6.45, 7) is 25.8. The second-order valence-corrected chi connectivity index (χ2v) is 24.5. The van der Waals surface area contributed by atoms with Crippen molar-refractivity contribution in [2.75, 3.05) is 4.81 Å². The van der Waals surface area contributed by atoms with Gasteiger partial charge in [0.25, 0.3) is 0 Å². The number of fused-ring (bicyclic) bond motifs is 16. The Labute approximate surface area is 422 Å². The maximum absolute atomic E-state index is 7.09. The minimum atomic E-state index is -0.194. The summed E-state index contributed by atoms with van der Waals surface area (Å²) < 4.78 is 16.7. The lowest BCUT2D eigenvalue weighted by atomic mass is 9.43. The normalized spacial score (nSPS) is 17.3. The summed E-state index contributed by atoms with van der Waals surface area (Å²) >= 11 is 0. The molecule has 0 unspecified atom stereocenters. The minimum absolute atomic E-state index is 0.000873. The van der Waals surface area contributed by atoms with Gasteiger partial charge in [0.1, 0.15) is 22.7 Å². The lowest BCUT2D eigenvalue weighted by Crippen LogP contribution is -2.60. The number of allylic oxidation sites excluding steroid dienone is 2. The molecule has 2 aliphatic carbocycles. The third kappa shape index (κ3) is 5.49. The van der Waals surface area contributed by atoms with Crippen LogP contribution in [0.25, 0.3) is 83.0 Å². The summed E-state index contributed by atoms with van der Waals surface area (Å²) in [5.74, 6) is 1.63. The van der Waals surface area contributed by atoms with Crippen LogP contribution >= 0.6 is 0 Å². The predicted octanol–water partition coefficient (Wildman–Crippen LogP) is 16.3. The summed E-state index contributed by atoms with van der Waals surface area (Å²) in [4.78, 5) is 2.62. The van der Waals surface area contributed by atoms with Gasteiger partial charge in [-0.05, 0) is 139 Å². The van der Waals surface area contributed by atoms with E-state index in [2.05, 4.69) is 217 Å².